The summed E-state index contributed by atoms with van der Waals surface area (Å²) in [6.07, 6.45) is -1.77. The Bertz CT molecular complexity index is 802. The maximum atomic E-state index is 12.1. The lowest BCUT2D eigenvalue weighted by Crippen LogP contribution is -2.33. The Balaban J connectivity index is 1.89. The fourth-order valence-corrected chi connectivity index (χ4v) is 2.84. The Morgan fingerprint density at radius 1 is 1.27 bits per heavy atom. The Morgan fingerprint density at radius 2 is 2.00 bits per heavy atom. The summed E-state index contributed by atoms with van der Waals surface area (Å²) in [5.41, 5.74) is 0.485. The molecule has 4 atom stereocenters. The number of fused-ring (bicyclic) bond motifs is 1. The van der Waals surface area contributed by atoms with E-state index in [1.165, 1.54) is 17.2 Å². The van der Waals surface area contributed by atoms with Crippen LogP contribution in [0.25, 0.3) is 11.2 Å². The van der Waals surface area contributed by atoms with Gasteiger partial charge in [-0.3, -0.25) is 9.36 Å². The molecule has 3 N–H and O–H groups in total. The molecule has 142 valence electrons. The van der Waals surface area contributed by atoms with E-state index in [-0.39, 0.29) is 6.42 Å². The minimum atomic E-state index is -1.26. The van der Waals surface area contributed by atoms with Crippen LogP contribution in [0.4, 0.5) is 0 Å². The van der Waals surface area contributed by atoms with Gasteiger partial charge in [-0.05, 0) is 20.8 Å². The number of hydrogen-bond donors (Lipinski definition) is 3. The highest BCUT2D eigenvalue weighted by atomic mass is 16.6. The van der Waals surface area contributed by atoms with E-state index >= 15 is 0 Å². The summed E-state index contributed by atoms with van der Waals surface area (Å²) in [6.45, 7) is 4.89. The fraction of sp³-hybridized carbons (Fsp3) is 0.625. The van der Waals surface area contributed by atoms with Crippen molar-refractivity contribution in [2.24, 2.45) is 0 Å². The van der Waals surface area contributed by atoms with Gasteiger partial charge in [0.1, 0.15) is 35.8 Å². The average Bonchev–Trinajstić information content (AvgIpc) is 3.09. The molecule has 0 amide bonds. The molecule has 2 aromatic rings. The SMILES string of the molecule is CC(C)(C)OC(=O)Cc1ncnc2c1ncn2[C@@H]1O[C@H](CO)[C@@H](O)[C@H]1O. The first-order valence-corrected chi connectivity index (χ1v) is 8.22. The quantitative estimate of drug-likeness (QED) is 0.600. The van der Waals surface area contributed by atoms with E-state index in [4.69, 9.17) is 9.47 Å². The molecule has 2 aromatic heterocycles. The van der Waals surface area contributed by atoms with Gasteiger partial charge < -0.3 is 24.8 Å². The van der Waals surface area contributed by atoms with Crippen LogP contribution in [0.5, 0.6) is 0 Å². The Morgan fingerprint density at radius 3 is 2.62 bits per heavy atom. The molecule has 3 rings (SSSR count). The van der Waals surface area contributed by atoms with Crippen LogP contribution in [0, 0.1) is 0 Å². The molecule has 0 spiro atoms. The van der Waals surface area contributed by atoms with Gasteiger partial charge >= 0.3 is 5.97 Å². The average molecular weight is 366 g/mol. The molecule has 1 saturated heterocycles. The van der Waals surface area contributed by atoms with Crippen LogP contribution in [0.15, 0.2) is 12.7 Å². The van der Waals surface area contributed by atoms with Crippen LogP contribution in [0.2, 0.25) is 0 Å². The highest BCUT2D eigenvalue weighted by molar-refractivity contribution is 5.80. The van der Waals surface area contributed by atoms with Crippen LogP contribution in [-0.4, -0.2) is 71.3 Å². The Hall–Kier alpha value is -2.14. The summed E-state index contributed by atoms with van der Waals surface area (Å²) >= 11 is 0. The number of hydrogen-bond acceptors (Lipinski definition) is 9. The minimum absolute atomic E-state index is 0.0801. The standard InChI is InChI=1S/C16H22N4O6/c1-16(2,3)26-10(22)4-8-11-14(18-6-17-8)20(7-19-11)15-13(24)12(23)9(5-21)25-15/h6-7,9,12-13,15,21,23-24H,4-5H2,1-3H3/t9-,12-,13-,15-/m1/s1. The van der Waals surface area contributed by atoms with Crippen LogP contribution < -0.4 is 0 Å². The van der Waals surface area contributed by atoms with E-state index in [0.29, 0.717) is 16.9 Å². The first-order chi connectivity index (χ1) is 12.2. The summed E-state index contributed by atoms with van der Waals surface area (Å²) < 4.78 is 12.2. The maximum Gasteiger partial charge on any atom is 0.312 e. The van der Waals surface area contributed by atoms with Gasteiger partial charge in [0.25, 0.3) is 0 Å². The lowest BCUT2D eigenvalue weighted by molar-refractivity contribution is -0.153. The van der Waals surface area contributed by atoms with Gasteiger partial charge in [0.15, 0.2) is 11.9 Å². The summed E-state index contributed by atoms with van der Waals surface area (Å²) in [5, 5.41) is 29.3. The molecule has 0 saturated carbocycles. The van der Waals surface area contributed by atoms with Crippen LogP contribution >= 0.6 is 0 Å². The van der Waals surface area contributed by atoms with Gasteiger partial charge in [-0.25, -0.2) is 15.0 Å². The number of carbonyl (C=O) groups is 1. The second-order valence-electron chi connectivity index (χ2n) is 7.14. The van der Waals surface area contributed by atoms with Crippen molar-refractivity contribution in [2.75, 3.05) is 6.61 Å². The zero-order valence-corrected chi connectivity index (χ0v) is 14.7. The Labute approximate surface area is 149 Å². The molecule has 26 heavy (non-hydrogen) atoms. The van der Waals surface area contributed by atoms with Crippen molar-refractivity contribution >= 4 is 17.1 Å². The van der Waals surface area contributed by atoms with Crippen LogP contribution in [-0.2, 0) is 20.7 Å². The largest absolute Gasteiger partial charge is 0.460 e. The van der Waals surface area contributed by atoms with Crippen LogP contribution in [0.1, 0.15) is 32.7 Å². The lowest BCUT2D eigenvalue weighted by Gasteiger charge is -2.19. The van der Waals surface area contributed by atoms with E-state index in [9.17, 15) is 20.1 Å². The van der Waals surface area contributed by atoms with Gasteiger partial charge in [0, 0.05) is 0 Å². The van der Waals surface area contributed by atoms with Crippen molar-refractivity contribution in [3.8, 4) is 0 Å². The third-order valence-electron chi connectivity index (χ3n) is 3.96. The number of imidazole rings is 1. The highest BCUT2D eigenvalue weighted by Crippen LogP contribution is 2.31. The van der Waals surface area contributed by atoms with Crippen molar-refractivity contribution in [3.05, 3.63) is 18.3 Å². The maximum absolute atomic E-state index is 12.1. The number of aliphatic hydroxyl groups excluding tert-OH is 3. The van der Waals surface area contributed by atoms with Gasteiger partial charge in [0.2, 0.25) is 0 Å². The number of rotatable bonds is 4. The van der Waals surface area contributed by atoms with Crippen molar-refractivity contribution in [3.63, 3.8) is 0 Å². The number of esters is 1. The highest BCUT2D eigenvalue weighted by Gasteiger charge is 2.44. The topological polar surface area (TPSA) is 140 Å². The van der Waals surface area contributed by atoms with Crippen molar-refractivity contribution < 1.29 is 29.6 Å². The van der Waals surface area contributed by atoms with Crippen molar-refractivity contribution in [1.82, 2.24) is 19.5 Å². The van der Waals surface area contributed by atoms with E-state index in [0.717, 1.165) is 0 Å². The minimum Gasteiger partial charge on any atom is -0.460 e. The number of aliphatic hydroxyl groups is 3. The monoisotopic (exact) mass is 366 g/mol. The molecular formula is C16H22N4O6. The normalized spacial score (nSPS) is 26.4. The number of aromatic nitrogens is 4. The second-order valence-corrected chi connectivity index (χ2v) is 7.14. The summed E-state index contributed by atoms with van der Waals surface area (Å²) in [6, 6.07) is 0. The first-order valence-electron chi connectivity index (χ1n) is 8.22. The summed E-state index contributed by atoms with van der Waals surface area (Å²) in [4.78, 5) is 24.5. The van der Waals surface area contributed by atoms with Crippen LogP contribution in [0.3, 0.4) is 0 Å². The summed E-state index contributed by atoms with van der Waals surface area (Å²) in [7, 11) is 0. The molecule has 10 nitrogen and oxygen atoms in total. The lowest BCUT2D eigenvalue weighted by atomic mass is 10.1. The fourth-order valence-electron chi connectivity index (χ4n) is 2.84. The molecule has 1 aliphatic heterocycles. The van der Waals surface area contributed by atoms with Gasteiger partial charge in [-0.2, -0.15) is 0 Å². The van der Waals surface area contributed by atoms with Gasteiger partial charge in [-0.15, -0.1) is 0 Å². The third-order valence-corrected chi connectivity index (χ3v) is 3.96. The molecule has 0 unspecified atom stereocenters. The third kappa shape index (κ3) is 3.54. The smallest absolute Gasteiger partial charge is 0.312 e. The zero-order valence-electron chi connectivity index (χ0n) is 14.7. The molecule has 0 aromatic carbocycles. The van der Waals surface area contributed by atoms with Crippen molar-refractivity contribution in [2.45, 2.75) is 57.3 Å². The second kappa shape index (κ2) is 6.88. The number of nitrogens with zero attached hydrogens (tertiary/aromatic N) is 4. The Kier molecular flexibility index (Phi) is 4.93. The predicted octanol–water partition coefficient (Wildman–Crippen LogP) is -0.678. The summed E-state index contributed by atoms with van der Waals surface area (Å²) in [5.74, 6) is -0.444. The zero-order chi connectivity index (χ0) is 19.1. The van der Waals surface area contributed by atoms with Crippen molar-refractivity contribution in [1.29, 1.82) is 0 Å². The van der Waals surface area contributed by atoms with E-state index in [1.807, 2.05) is 0 Å². The molecule has 10 heteroatoms. The van der Waals surface area contributed by atoms with Gasteiger partial charge in [-0.1, -0.05) is 0 Å². The molecule has 1 fully saturated rings. The van der Waals surface area contributed by atoms with E-state index < -0.39 is 42.7 Å². The molecule has 3 heterocycles. The number of carbonyl (C=O) groups excluding carboxylic acids is 1. The predicted molar refractivity (Wildman–Crippen MR) is 87.9 cm³/mol. The molecule has 1 aliphatic rings. The number of ether oxygens (including phenoxy) is 2. The molecular weight excluding hydrogens is 344 g/mol. The first kappa shape index (κ1) is 18.6. The van der Waals surface area contributed by atoms with E-state index in [2.05, 4.69) is 15.0 Å². The molecule has 0 aliphatic carbocycles. The molecule has 0 radical (unpaired) electrons. The van der Waals surface area contributed by atoms with Gasteiger partial charge in [0.05, 0.1) is 25.0 Å². The van der Waals surface area contributed by atoms with E-state index in [1.54, 1.807) is 20.8 Å². The molecule has 0 bridgehead atoms.